The van der Waals surface area contributed by atoms with Crippen LogP contribution in [0, 0.1) is 13.8 Å². The standard InChI is InChI=1S/C23H21N3OS2/c1-16-12-20-21(13-17(16)2)29-23(25-20)26(14-18-8-6-7-11-24-18)22(27)15-28-19-9-4-3-5-10-19/h3-13H,14-15H2,1-2H3. The summed E-state index contributed by atoms with van der Waals surface area (Å²) < 4.78 is 1.10. The summed E-state index contributed by atoms with van der Waals surface area (Å²) in [5.74, 6) is 0.377. The summed E-state index contributed by atoms with van der Waals surface area (Å²) in [4.78, 5) is 25.2. The van der Waals surface area contributed by atoms with Gasteiger partial charge in [0.25, 0.3) is 0 Å². The minimum atomic E-state index is 0.0250. The number of carbonyl (C=O) groups excluding carboxylic acids is 1. The van der Waals surface area contributed by atoms with Gasteiger partial charge in [-0.3, -0.25) is 14.7 Å². The van der Waals surface area contributed by atoms with Crippen molar-refractivity contribution in [1.82, 2.24) is 9.97 Å². The molecule has 0 saturated heterocycles. The van der Waals surface area contributed by atoms with Crippen molar-refractivity contribution >= 4 is 44.4 Å². The van der Waals surface area contributed by atoms with E-state index in [0.29, 0.717) is 17.4 Å². The molecule has 4 nitrogen and oxygen atoms in total. The fraction of sp³-hybridized carbons (Fsp3) is 0.174. The van der Waals surface area contributed by atoms with E-state index in [1.165, 1.54) is 22.9 Å². The molecule has 1 amide bonds. The van der Waals surface area contributed by atoms with Crippen LogP contribution in [0.4, 0.5) is 5.13 Å². The number of nitrogens with zero attached hydrogens (tertiary/aromatic N) is 3. The van der Waals surface area contributed by atoms with E-state index in [2.05, 4.69) is 31.0 Å². The van der Waals surface area contributed by atoms with Gasteiger partial charge in [-0.2, -0.15) is 0 Å². The molecule has 2 aromatic heterocycles. The molecule has 0 spiro atoms. The first-order valence-electron chi connectivity index (χ1n) is 9.36. The predicted molar refractivity (Wildman–Crippen MR) is 122 cm³/mol. The van der Waals surface area contributed by atoms with Crippen molar-refractivity contribution in [2.75, 3.05) is 10.7 Å². The third-order valence-corrected chi connectivity index (χ3v) is 6.71. The van der Waals surface area contributed by atoms with Gasteiger partial charge in [0, 0.05) is 11.1 Å². The molecule has 2 heterocycles. The van der Waals surface area contributed by atoms with Crippen LogP contribution in [0.25, 0.3) is 10.2 Å². The van der Waals surface area contributed by atoms with Gasteiger partial charge in [0.05, 0.1) is 28.2 Å². The van der Waals surface area contributed by atoms with Gasteiger partial charge in [0.2, 0.25) is 5.91 Å². The van der Waals surface area contributed by atoms with Crippen molar-refractivity contribution in [3.8, 4) is 0 Å². The van der Waals surface area contributed by atoms with E-state index in [-0.39, 0.29) is 5.91 Å². The van der Waals surface area contributed by atoms with Crippen molar-refractivity contribution in [2.24, 2.45) is 0 Å². The van der Waals surface area contributed by atoms with Crippen LogP contribution in [0.2, 0.25) is 0 Å². The van der Waals surface area contributed by atoms with Crippen molar-refractivity contribution in [3.63, 3.8) is 0 Å². The normalized spacial score (nSPS) is 11.0. The molecule has 0 N–H and O–H groups in total. The van der Waals surface area contributed by atoms with Gasteiger partial charge in [-0.1, -0.05) is 35.6 Å². The number of amides is 1. The molecule has 0 aliphatic heterocycles. The number of hydrogen-bond donors (Lipinski definition) is 0. The second kappa shape index (κ2) is 8.76. The number of pyridine rings is 1. The molecule has 0 atom stereocenters. The van der Waals surface area contributed by atoms with Crippen LogP contribution in [0.1, 0.15) is 16.8 Å². The molecule has 6 heteroatoms. The Hall–Kier alpha value is -2.70. The van der Waals surface area contributed by atoms with Crippen molar-refractivity contribution in [2.45, 2.75) is 25.3 Å². The maximum absolute atomic E-state index is 13.2. The van der Waals surface area contributed by atoms with E-state index in [9.17, 15) is 4.79 Å². The molecule has 2 aromatic carbocycles. The average molecular weight is 420 g/mol. The maximum atomic E-state index is 13.2. The Morgan fingerprint density at radius 3 is 2.55 bits per heavy atom. The zero-order chi connectivity index (χ0) is 20.2. The number of thioether (sulfide) groups is 1. The smallest absolute Gasteiger partial charge is 0.239 e. The van der Waals surface area contributed by atoms with E-state index in [4.69, 9.17) is 4.98 Å². The summed E-state index contributed by atoms with van der Waals surface area (Å²) in [7, 11) is 0. The number of benzene rings is 2. The number of hydrogen-bond acceptors (Lipinski definition) is 5. The molecule has 4 aromatic rings. The fourth-order valence-electron chi connectivity index (χ4n) is 2.94. The average Bonchev–Trinajstić information content (AvgIpc) is 3.14. The second-order valence-electron chi connectivity index (χ2n) is 6.80. The van der Waals surface area contributed by atoms with Gasteiger partial charge in [0.1, 0.15) is 0 Å². The molecule has 146 valence electrons. The highest BCUT2D eigenvalue weighted by Gasteiger charge is 2.21. The fourth-order valence-corrected chi connectivity index (χ4v) is 4.80. The topological polar surface area (TPSA) is 46.1 Å². The number of aromatic nitrogens is 2. The van der Waals surface area contributed by atoms with Crippen LogP contribution in [-0.2, 0) is 11.3 Å². The summed E-state index contributed by atoms with van der Waals surface area (Å²) in [6.45, 7) is 4.59. The molecule has 0 bridgehead atoms. The number of rotatable bonds is 6. The summed E-state index contributed by atoms with van der Waals surface area (Å²) in [6.07, 6.45) is 1.75. The second-order valence-corrected chi connectivity index (χ2v) is 8.86. The number of fused-ring (bicyclic) bond motifs is 1. The van der Waals surface area contributed by atoms with Crippen LogP contribution in [0.3, 0.4) is 0 Å². The minimum Gasteiger partial charge on any atom is -0.281 e. The van der Waals surface area contributed by atoms with Crippen LogP contribution in [0.15, 0.2) is 71.8 Å². The third kappa shape index (κ3) is 4.66. The Balaban J connectivity index is 1.63. The number of aryl methyl sites for hydroxylation is 2. The van der Waals surface area contributed by atoms with Gasteiger partial charge in [-0.15, -0.1) is 11.8 Å². The first-order valence-corrected chi connectivity index (χ1v) is 11.2. The van der Waals surface area contributed by atoms with Gasteiger partial charge >= 0.3 is 0 Å². The highest BCUT2D eigenvalue weighted by Crippen LogP contribution is 2.32. The molecule has 0 aliphatic carbocycles. The van der Waals surface area contributed by atoms with Gasteiger partial charge < -0.3 is 0 Å². The van der Waals surface area contributed by atoms with E-state index in [1.807, 2.05) is 48.5 Å². The van der Waals surface area contributed by atoms with E-state index >= 15 is 0 Å². The molecule has 4 rings (SSSR count). The Morgan fingerprint density at radius 1 is 1.03 bits per heavy atom. The van der Waals surface area contributed by atoms with Crippen LogP contribution in [-0.4, -0.2) is 21.6 Å². The Labute approximate surface area is 178 Å². The van der Waals surface area contributed by atoms with E-state index < -0.39 is 0 Å². The molecule has 0 fully saturated rings. The first-order chi connectivity index (χ1) is 14.1. The summed E-state index contributed by atoms with van der Waals surface area (Å²) >= 11 is 3.09. The van der Waals surface area contributed by atoms with Crippen molar-refractivity contribution in [3.05, 3.63) is 83.7 Å². The summed E-state index contributed by atoms with van der Waals surface area (Å²) in [5.41, 5.74) is 4.21. The molecule has 0 aliphatic rings. The lowest BCUT2D eigenvalue weighted by Gasteiger charge is -2.19. The molecule has 0 unspecified atom stereocenters. The zero-order valence-electron chi connectivity index (χ0n) is 16.3. The van der Waals surface area contributed by atoms with Gasteiger partial charge in [-0.05, 0) is 61.4 Å². The lowest BCUT2D eigenvalue weighted by atomic mass is 10.1. The van der Waals surface area contributed by atoms with Crippen molar-refractivity contribution < 1.29 is 4.79 Å². The maximum Gasteiger partial charge on any atom is 0.239 e. The van der Waals surface area contributed by atoms with E-state index in [1.54, 1.807) is 22.4 Å². The minimum absolute atomic E-state index is 0.0250. The highest BCUT2D eigenvalue weighted by atomic mass is 32.2. The van der Waals surface area contributed by atoms with Gasteiger partial charge in [-0.25, -0.2) is 4.98 Å². The van der Waals surface area contributed by atoms with Crippen LogP contribution < -0.4 is 4.90 Å². The first kappa shape index (κ1) is 19.6. The molecular weight excluding hydrogens is 398 g/mol. The lowest BCUT2D eigenvalue weighted by Crippen LogP contribution is -2.32. The van der Waals surface area contributed by atoms with E-state index in [0.717, 1.165) is 20.8 Å². The monoisotopic (exact) mass is 419 g/mol. The third-order valence-electron chi connectivity index (χ3n) is 4.68. The molecular formula is C23H21N3OS2. The number of thiazole rings is 1. The molecule has 0 saturated carbocycles. The SMILES string of the molecule is Cc1cc2nc(N(Cc3ccccn3)C(=O)CSc3ccccc3)sc2cc1C. The number of anilines is 1. The number of carbonyl (C=O) groups is 1. The predicted octanol–water partition coefficient (Wildman–Crippen LogP) is 5.63. The Morgan fingerprint density at radius 2 is 1.79 bits per heavy atom. The quantitative estimate of drug-likeness (QED) is 0.380. The highest BCUT2D eigenvalue weighted by molar-refractivity contribution is 8.00. The lowest BCUT2D eigenvalue weighted by molar-refractivity contribution is -0.116. The molecule has 29 heavy (non-hydrogen) atoms. The van der Waals surface area contributed by atoms with Gasteiger partial charge in [0.15, 0.2) is 5.13 Å². The summed E-state index contributed by atoms with van der Waals surface area (Å²) in [6, 6.07) is 20.0. The zero-order valence-corrected chi connectivity index (χ0v) is 18.0. The Bertz CT molecular complexity index is 1090. The van der Waals surface area contributed by atoms with Crippen molar-refractivity contribution in [1.29, 1.82) is 0 Å². The largest absolute Gasteiger partial charge is 0.281 e. The van der Waals surface area contributed by atoms with Crippen LogP contribution >= 0.6 is 23.1 Å². The van der Waals surface area contributed by atoms with Crippen LogP contribution in [0.5, 0.6) is 0 Å². The summed E-state index contributed by atoms with van der Waals surface area (Å²) in [5, 5.41) is 0.717. The molecule has 0 radical (unpaired) electrons. The Kier molecular flexibility index (Phi) is 5.92.